The summed E-state index contributed by atoms with van der Waals surface area (Å²) >= 11 is 5.91. The largest absolute Gasteiger partial charge is 0.496 e. The van der Waals surface area contributed by atoms with Gasteiger partial charge in [0.1, 0.15) is 5.75 Å². The highest BCUT2D eigenvalue weighted by atomic mass is 35.5. The average molecular weight is 325 g/mol. The molecule has 0 radical (unpaired) electrons. The molecule has 5 nitrogen and oxygen atoms in total. The van der Waals surface area contributed by atoms with Gasteiger partial charge in [-0.2, -0.15) is 0 Å². The van der Waals surface area contributed by atoms with Gasteiger partial charge < -0.3 is 15.4 Å². The van der Waals surface area contributed by atoms with Gasteiger partial charge in [0.05, 0.1) is 13.7 Å². The predicted molar refractivity (Wildman–Crippen MR) is 87.9 cm³/mol. The molecule has 1 aromatic rings. The number of benzene rings is 1. The maximum atomic E-state index is 11.7. The van der Waals surface area contributed by atoms with Crippen molar-refractivity contribution >= 4 is 29.5 Å². The first-order valence-corrected chi connectivity index (χ1v) is 7.19. The molecule has 0 unspecified atom stereocenters. The van der Waals surface area contributed by atoms with Crippen LogP contribution >= 0.6 is 11.6 Å². The van der Waals surface area contributed by atoms with Crippen molar-refractivity contribution in [1.82, 2.24) is 10.6 Å². The van der Waals surface area contributed by atoms with Gasteiger partial charge in [-0.05, 0) is 45.0 Å². The fraction of sp³-hybridized carbons (Fsp3) is 0.375. The van der Waals surface area contributed by atoms with Crippen LogP contribution in [0.4, 0.5) is 0 Å². The third kappa shape index (κ3) is 6.63. The lowest BCUT2D eigenvalue weighted by Crippen LogP contribution is -2.45. The van der Waals surface area contributed by atoms with E-state index in [-0.39, 0.29) is 23.9 Å². The summed E-state index contributed by atoms with van der Waals surface area (Å²) in [5.41, 5.74) is 0.357. The monoisotopic (exact) mass is 324 g/mol. The molecule has 0 aliphatic carbocycles. The second-order valence-corrected chi connectivity index (χ2v) is 6.17. The van der Waals surface area contributed by atoms with Crippen LogP contribution in [0.5, 0.6) is 5.75 Å². The van der Waals surface area contributed by atoms with E-state index in [1.165, 1.54) is 13.2 Å². The van der Waals surface area contributed by atoms with E-state index in [2.05, 4.69) is 10.6 Å². The molecule has 2 N–H and O–H groups in total. The number of hydrogen-bond donors (Lipinski definition) is 2. The topological polar surface area (TPSA) is 67.4 Å². The van der Waals surface area contributed by atoms with Crippen LogP contribution in [0.1, 0.15) is 26.3 Å². The van der Waals surface area contributed by atoms with E-state index in [4.69, 9.17) is 16.3 Å². The quantitative estimate of drug-likeness (QED) is 0.817. The molecule has 0 fully saturated rings. The van der Waals surface area contributed by atoms with Crippen molar-refractivity contribution in [2.75, 3.05) is 13.7 Å². The summed E-state index contributed by atoms with van der Waals surface area (Å²) in [4.78, 5) is 23.3. The second kappa shape index (κ2) is 7.84. The number of rotatable bonds is 5. The van der Waals surface area contributed by atoms with E-state index in [9.17, 15) is 9.59 Å². The van der Waals surface area contributed by atoms with Gasteiger partial charge in [-0.15, -0.1) is 0 Å². The zero-order chi connectivity index (χ0) is 16.8. The minimum Gasteiger partial charge on any atom is -0.496 e. The third-order valence-electron chi connectivity index (χ3n) is 2.54. The number of methoxy groups -OCH3 is 1. The smallest absolute Gasteiger partial charge is 0.244 e. The fourth-order valence-corrected chi connectivity index (χ4v) is 1.87. The van der Waals surface area contributed by atoms with Crippen LogP contribution in [0.3, 0.4) is 0 Å². The first kappa shape index (κ1) is 18.0. The summed E-state index contributed by atoms with van der Waals surface area (Å²) in [6.45, 7) is 5.54. The Bertz CT molecular complexity index is 577. The highest BCUT2D eigenvalue weighted by Gasteiger charge is 2.13. The van der Waals surface area contributed by atoms with E-state index in [0.29, 0.717) is 16.3 Å². The molecule has 0 spiro atoms. The maximum absolute atomic E-state index is 11.7. The van der Waals surface area contributed by atoms with Crippen molar-refractivity contribution in [3.05, 3.63) is 34.9 Å². The lowest BCUT2D eigenvalue weighted by Gasteiger charge is -2.20. The first-order chi connectivity index (χ1) is 10.2. The molecule has 0 aromatic heterocycles. The second-order valence-electron chi connectivity index (χ2n) is 5.74. The van der Waals surface area contributed by atoms with E-state index in [1.807, 2.05) is 20.8 Å². The van der Waals surface area contributed by atoms with Gasteiger partial charge in [-0.1, -0.05) is 11.6 Å². The molecule has 0 saturated carbocycles. The molecule has 1 rings (SSSR count). The van der Waals surface area contributed by atoms with Crippen LogP contribution in [0.25, 0.3) is 6.08 Å². The number of ether oxygens (including phenoxy) is 1. The predicted octanol–water partition coefficient (Wildman–Crippen LogP) is 2.39. The number of carbonyl (C=O) groups is 2. The Balaban J connectivity index is 2.58. The SMILES string of the molecule is COc1ccc(Cl)cc1C=CC(=O)NCC(=O)NC(C)(C)C. The fourth-order valence-electron chi connectivity index (χ4n) is 1.69. The van der Waals surface area contributed by atoms with Crippen molar-refractivity contribution in [3.63, 3.8) is 0 Å². The summed E-state index contributed by atoms with van der Waals surface area (Å²) < 4.78 is 5.18. The van der Waals surface area contributed by atoms with Crippen LogP contribution < -0.4 is 15.4 Å². The number of hydrogen-bond acceptors (Lipinski definition) is 3. The van der Waals surface area contributed by atoms with Crippen LogP contribution in [0.2, 0.25) is 5.02 Å². The van der Waals surface area contributed by atoms with Crippen molar-refractivity contribution < 1.29 is 14.3 Å². The lowest BCUT2D eigenvalue weighted by molar-refractivity contribution is -0.124. The molecular weight excluding hydrogens is 304 g/mol. The van der Waals surface area contributed by atoms with Gasteiger partial charge >= 0.3 is 0 Å². The molecule has 120 valence electrons. The van der Waals surface area contributed by atoms with Crippen molar-refractivity contribution in [1.29, 1.82) is 0 Å². The molecule has 1 aromatic carbocycles. The van der Waals surface area contributed by atoms with Crippen LogP contribution in [-0.4, -0.2) is 31.0 Å². The van der Waals surface area contributed by atoms with Crippen molar-refractivity contribution in [3.8, 4) is 5.75 Å². The number of nitrogens with one attached hydrogen (secondary N) is 2. The lowest BCUT2D eigenvalue weighted by atomic mass is 10.1. The minimum absolute atomic E-state index is 0.0763. The molecule has 0 bridgehead atoms. The standard InChI is InChI=1S/C16H21ClN2O3/c1-16(2,3)19-15(21)10-18-14(20)8-5-11-9-12(17)6-7-13(11)22-4/h5-9H,10H2,1-4H3,(H,18,20)(H,19,21). The van der Waals surface area contributed by atoms with Gasteiger partial charge in [0.2, 0.25) is 11.8 Å². The highest BCUT2D eigenvalue weighted by molar-refractivity contribution is 6.30. The summed E-state index contributed by atoms with van der Waals surface area (Å²) in [6, 6.07) is 5.11. The van der Waals surface area contributed by atoms with Crippen LogP contribution in [0, 0.1) is 0 Å². The van der Waals surface area contributed by atoms with E-state index >= 15 is 0 Å². The third-order valence-corrected chi connectivity index (χ3v) is 2.78. The van der Waals surface area contributed by atoms with Gasteiger partial charge in [0.25, 0.3) is 0 Å². The van der Waals surface area contributed by atoms with Gasteiger partial charge in [0.15, 0.2) is 0 Å². The van der Waals surface area contributed by atoms with Gasteiger partial charge in [-0.25, -0.2) is 0 Å². The first-order valence-electron chi connectivity index (χ1n) is 6.82. The summed E-state index contributed by atoms with van der Waals surface area (Å²) in [7, 11) is 1.54. The zero-order valence-electron chi connectivity index (χ0n) is 13.2. The van der Waals surface area contributed by atoms with E-state index in [0.717, 1.165) is 0 Å². The van der Waals surface area contributed by atoms with Gasteiger partial charge in [0, 0.05) is 22.2 Å². The molecule has 0 atom stereocenters. The number of halogens is 1. The van der Waals surface area contributed by atoms with Crippen molar-refractivity contribution in [2.45, 2.75) is 26.3 Å². The number of carbonyl (C=O) groups excluding carboxylic acids is 2. The molecule has 0 heterocycles. The minimum atomic E-state index is -0.369. The molecule has 6 heteroatoms. The summed E-state index contributed by atoms with van der Waals surface area (Å²) in [6.07, 6.45) is 2.92. The van der Waals surface area contributed by atoms with Crippen LogP contribution in [0.15, 0.2) is 24.3 Å². The average Bonchev–Trinajstić information content (AvgIpc) is 2.41. The van der Waals surface area contributed by atoms with Crippen molar-refractivity contribution in [2.24, 2.45) is 0 Å². The highest BCUT2D eigenvalue weighted by Crippen LogP contribution is 2.23. The molecule has 2 amide bonds. The Kier molecular flexibility index (Phi) is 6.43. The molecule has 0 saturated heterocycles. The normalized spacial score (nSPS) is 11.3. The Morgan fingerprint density at radius 2 is 2.00 bits per heavy atom. The Morgan fingerprint density at radius 3 is 2.59 bits per heavy atom. The Morgan fingerprint density at radius 1 is 1.32 bits per heavy atom. The molecule has 0 aliphatic heterocycles. The molecular formula is C16H21ClN2O3. The van der Waals surface area contributed by atoms with Crippen LogP contribution in [-0.2, 0) is 9.59 Å². The molecule has 22 heavy (non-hydrogen) atoms. The maximum Gasteiger partial charge on any atom is 0.244 e. The van der Waals surface area contributed by atoms with E-state index < -0.39 is 0 Å². The Hall–Kier alpha value is -2.01. The van der Waals surface area contributed by atoms with E-state index in [1.54, 1.807) is 24.3 Å². The zero-order valence-corrected chi connectivity index (χ0v) is 14.0. The number of amides is 2. The molecule has 0 aliphatic rings. The summed E-state index contributed by atoms with van der Waals surface area (Å²) in [5.74, 6) is -0.000371. The summed E-state index contributed by atoms with van der Waals surface area (Å²) in [5, 5.41) is 5.82. The Labute approximate surface area is 135 Å². The van der Waals surface area contributed by atoms with Gasteiger partial charge in [-0.3, -0.25) is 9.59 Å².